The maximum atomic E-state index is 12.9. The van der Waals surface area contributed by atoms with Crippen molar-refractivity contribution < 1.29 is 18.0 Å². The number of H-pyrrole nitrogens is 1. The normalized spacial score (nSPS) is 12.8. The van der Waals surface area contributed by atoms with Gasteiger partial charge in [0.2, 0.25) is 5.56 Å². The van der Waals surface area contributed by atoms with E-state index in [9.17, 15) is 22.8 Å². The smallest absolute Gasteiger partial charge is 0.345 e. The maximum Gasteiger partial charge on any atom is 0.416 e. The lowest BCUT2D eigenvalue weighted by Crippen LogP contribution is -2.28. The number of halogens is 3. The van der Waals surface area contributed by atoms with Crippen LogP contribution in [0.1, 0.15) is 34.5 Å². The highest BCUT2D eigenvalue weighted by Crippen LogP contribution is 2.30. The van der Waals surface area contributed by atoms with E-state index in [-0.39, 0.29) is 5.56 Å². The van der Waals surface area contributed by atoms with Crippen molar-refractivity contribution in [3.8, 4) is 0 Å². The molecule has 134 valence electrons. The highest BCUT2D eigenvalue weighted by atomic mass is 19.4. The van der Waals surface area contributed by atoms with Crippen LogP contribution in [-0.2, 0) is 6.18 Å². The molecule has 2 N–H and O–H groups in total. The Morgan fingerprint density at radius 3 is 2.54 bits per heavy atom. The number of hydrogen-bond acceptors (Lipinski definition) is 2. The minimum absolute atomic E-state index is 0.170. The Hall–Kier alpha value is -3.09. The molecule has 26 heavy (non-hydrogen) atoms. The number of aromatic amines is 1. The largest absolute Gasteiger partial charge is 0.416 e. The van der Waals surface area contributed by atoms with Crippen LogP contribution in [0.15, 0.2) is 59.4 Å². The molecule has 0 unspecified atom stereocenters. The summed E-state index contributed by atoms with van der Waals surface area (Å²) in [5.41, 5.74) is -0.208. The van der Waals surface area contributed by atoms with Gasteiger partial charge in [-0.3, -0.25) is 9.59 Å². The minimum atomic E-state index is -4.46. The summed E-state index contributed by atoms with van der Waals surface area (Å²) in [7, 11) is 0. The predicted octanol–water partition coefficient (Wildman–Crippen LogP) is 4.04. The van der Waals surface area contributed by atoms with Crippen molar-refractivity contribution in [3.63, 3.8) is 0 Å². The first-order chi connectivity index (χ1) is 12.3. The van der Waals surface area contributed by atoms with Gasteiger partial charge in [0.25, 0.3) is 5.91 Å². The summed E-state index contributed by atoms with van der Waals surface area (Å²) in [6.07, 6.45) is -4.46. The average molecular weight is 360 g/mol. The minimum Gasteiger partial charge on any atom is -0.345 e. The van der Waals surface area contributed by atoms with E-state index in [1.807, 2.05) is 0 Å². The Kier molecular flexibility index (Phi) is 4.54. The molecule has 1 heterocycles. The number of para-hydroxylation sites is 1. The summed E-state index contributed by atoms with van der Waals surface area (Å²) in [5, 5.41) is 3.21. The number of pyridine rings is 1. The van der Waals surface area contributed by atoms with Gasteiger partial charge in [0.1, 0.15) is 0 Å². The lowest BCUT2D eigenvalue weighted by molar-refractivity contribution is -0.137. The molecule has 0 saturated carbocycles. The van der Waals surface area contributed by atoms with E-state index in [0.717, 1.165) is 12.1 Å². The molecule has 0 aliphatic rings. The van der Waals surface area contributed by atoms with Gasteiger partial charge in [0, 0.05) is 17.0 Å². The van der Waals surface area contributed by atoms with E-state index in [1.165, 1.54) is 18.2 Å². The standard InChI is InChI=1S/C19H15F3N2O2/c1-11(12-5-4-6-13(9-12)19(20,21)22)23-18(26)15-10-17(25)24-16-8-3-2-7-14(15)16/h2-11H,1H3,(H,23,26)(H,24,25)/t11-/m0/s1. The van der Waals surface area contributed by atoms with Crippen LogP contribution >= 0.6 is 0 Å². The Morgan fingerprint density at radius 2 is 1.81 bits per heavy atom. The molecule has 0 fully saturated rings. The molecule has 0 radical (unpaired) electrons. The second-order valence-electron chi connectivity index (χ2n) is 5.91. The van der Waals surface area contributed by atoms with Crippen molar-refractivity contribution in [2.24, 2.45) is 0 Å². The van der Waals surface area contributed by atoms with Gasteiger partial charge in [-0.05, 0) is 30.7 Å². The van der Waals surface area contributed by atoms with Gasteiger partial charge in [0.05, 0.1) is 17.2 Å². The molecule has 0 aliphatic heterocycles. The van der Waals surface area contributed by atoms with Gasteiger partial charge in [-0.15, -0.1) is 0 Å². The third-order valence-electron chi connectivity index (χ3n) is 4.06. The van der Waals surface area contributed by atoms with Crippen molar-refractivity contribution in [1.82, 2.24) is 10.3 Å². The van der Waals surface area contributed by atoms with Gasteiger partial charge >= 0.3 is 6.18 Å². The summed E-state index contributed by atoms with van der Waals surface area (Å²) in [5.74, 6) is -0.530. The number of benzene rings is 2. The van der Waals surface area contributed by atoms with E-state index >= 15 is 0 Å². The summed E-state index contributed by atoms with van der Waals surface area (Å²) < 4.78 is 38.6. The Morgan fingerprint density at radius 1 is 1.08 bits per heavy atom. The summed E-state index contributed by atoms with van der Waals surface area (Å²) in [4.78, 5) is 27.0. The highest BCUT2D eigenvalue weighted by Gasteiger charge is 2.30. The zero-order valence-corrected chi connectivity index (χ0v) is 13.7. The van der Waals surface area contributed by atoms with Crippen LogP contribution in [0, 0.1) is 0 Å². The number of hydrogen-bond donors (Lipinski definition) is 2. The molecule has 0 saturated heterocycles. The Balaban J connectivity index is 1.90. The van der Waals surface area contributed by atoms with Crippen LogP contribution in [0.2, 0.25) is 0 Å². The van der Waals surface area contributed by atoms with Crippen LogP contribution < -0.4 is 10.9 Å². The quantitative estimate of drug-likeness (QED) is 0.741. The SMILES string of the molecule is C[C@H](NC(=O)c1cc(=O)[nH]c2ccccc12)c1cccc(C(F)(F)F)c1. The average Bonchev–Trinajstić information content (AvgIpc) is 2.60. The molecule has 3 rings (SSSR count). The molecule has 1 atom stereocenters. The molecular formula is C19H15F3N2O2. The molecular weight excluding hydrogens is 345 g/mol. The number of amides is 1. The van der Waals surface area contributed by atoms with Crippen molar-refractivity contribution in [1.29, 1.82) is 0 Å². The number of carbonyl (C=O) groups is 1. The molecule has 0 spiro atoms. The first-order valence-electron chi connectivity index (χ1n) is 7.86. The highest BCUT2D eigenvalue weighted by molar-refractivity contribution is 6.06. The lowest BCUT2D eigenvalue weighted by Gasteiger charge is -2.17. The maximum absolute atomic E-state index is 12.9. The number of carbonyl (C=O) groups excluding carboxylic acids is 1. The third kappa shape index (κ3) is 3.61. The second kappa shape index (κ2) is 6.67. The first-order valence-corrected chi connectivity index (χ1v) is 7.86. The molecule has 2 aromatic carbocycles. The van der Waals surface area contributed by atoms with Crippen molar-refractivity contribution >= 4 is 16.8 Å². The fourth-order valence-corrected chi connectivity index (χ4v) is 2.73. The molecule has 0 bridgehead atoms. The monoisotopic (exact) mass is 360 g/mol. The van der Waals surface area contributed by atoms with E-state index in [4.69, 9.17) is 0 Å². The number of aromatic nitrogens is 1. The molecule has 3 aromatic rings. The second-order valence-corrected chi connectivity index (χ2v) is 5.91. The van der Waals surface area contributed by atoms with Crippen LogP contribution in [0.25, 0.3) is 10.9 Å². The van der Waals surface area contributed by atoms with Crippen molar-refractivity contribution in [3.05, 3.63) is 81.6 Å². The van der Waals surface area contributed by atoms with Crippen molar-refractivity contribution in [2.45, 2.75) is 19.1 Å². The molecule has 1 amide bonds. The molecule has 1 aromatic heterocycles. The van der Waals surface area contributed by atoms with E-state index < -0.39 is 29.2 Å². The topological polar surface area (TPSA) is 62.0 Å². The first kappa shape index (κ1) is 17.7. The third-order valence-corrected chi connectivity index (χ3v) is 4.06. The predicted molar refractivity (Wildman–Crippen MR) is 91.9 cm³/mol. The van der Waals surface area contributed by atoms with Crippen LogP contribution in [0.4, 0.5) is 13.2 Å². The molecule has 7 heteroatoms. The van der Waals surface area contributed by atoms with Gasteiger partial charge in [0.15, 0.2) is 0 Å². The number of alkyl halides is 3. The number of fused-ring (bicyclic) bond motifs is 1. The summed E-state index contributed by atoms with van der Waals surface area (Å²) in [6, 6.07) is 12.1. The van der Waals surface area contributed by atoms with Gasteiger partial charge in [-0.2, -0.15) is 13.2 Å². The van der Waals surface area contributed by atoms with Gasteiger partial charge in [-0.25, -0.2) is 0 Å². The van der Waals surface area contributed by atoms with Crippen LogP contribution in [-0.4, -0.2) is 10.9 Å². The summed E-state index contributed by atoms with van der Waals surface area (Å²) >= 11 is 0. The van der Waals surface area contributed by atoms with E-state index in [2.05, 4.69) is 10.3 Å². The van der Waals surface area contributed by atoms with Crippen molar-refractivity contribution in [2.75, 3.05) is 0 Å². The zero-order chi connectivity index (χ0) is 18.9. The Bertz CT molecular complexity index is 1020. The van der Waals surface area contributed by atoms with Crippen LogP contribution in [0.3, 0.4) is 0 Å². The van der Waals surface area contributed by atoms with Gasteiger partial charge in [-0.1, -0.05) is 30.3 Å². The molecule has 4 nitrogen and oxygen atoms in total. The van der Waals surface area contributed by atoms with E-state index in [0.29, 0.717) is 16.5 Å². The Labute approximate surface area is 146 Å². The fourth-order valence-electron chi connectivity index (χ4n) is 2.73. The summed E-state index contributed by atoms with van der Waals surface area (Å²) in [6.45, 7) is 1.59. The van der Waals surface area contributed by atoms with E-state index in [1.54, 1.807) is 31.2 Å². The lowest BCUT2D eigenvalue weighted by atomic mass is 10.0. The van der Waals surface area contributed by atoms with Crippen LogP contribution in [0.5, 0.6) is 0 Å². The number of nitrogens with one attached hydrogen (secondary N) is 2. The van der Waals surface area contributed by atoms with Gasteiger partial charge < -0.3 is 10.3 Å². The molecule has 0 aliphatic carbocycles. The zero-order valence-electron chi connectivity index (χ0n) is 13.7. The fraction of sp³-hybridized carbons (Fsp3) is 0.158. The number of rotatable bonds is 3.